The second kappa shape index (κ2) is 6.35. The van der Waals surface area contributed by atoms with Gasteiger partial charge in [-0.3, -0.25) is 4.57 Å². The van der Waals surface area contributed by atoms with E-state index in [1.807, 2.05) is 53.7 Å². The zero-order valence-corrected chi connectivity index (χ0v) is 15.4. The maximum absolute atomic E-state index is 11.0. The van der Waals surface area contributed by atoms with Crippen LogP contribution in [0, 0.1) is 0 Å². The summed E-state index contributed by atoms with van der Waals surface area (Å²) in [5.74, 6) is 0.332. The van der Waals surface area contributed by atoms with E-state index < -0.39 is 7.60 Å². The highest BCUT2D eigenvalue weighted by atomic mass is 31.2. The molecule has 0 fully saturated rings. The van der Waals surface area contributed by atoms with Gasteiger partial charge in [-0.15, -0.1) is 0 Å². The minimum Gasteiger partial charge on any atom is -0.507 e. The Morgan fingerprint density at radius 2 is 1.36 bits per heavy atom. The van der Waals surface area contributed by atoms with Gasteiger partial charge in [0.05, 0.1) is 6.16 Å². The molecule has 3 N–H and O–H groups in total. The van der Waals surface area contributed by atoms with Crippen molar-refractivity contribution < 1.29 is 19.5 Å². The van der Waals surface area contributed by atoms with Crippen LogP contribution >= 0.6 is 7.60 Å². The summed E-state index contributed by atoms with van der Waals surface area (Å²) in [7, 11) is -3.95. The van der Waals surface area contributed by atoms with Crippen LogP contribution < -0.4 is 0 Å². The minimum absolute atomic E-state index is 0.108. The molecule has 0 aliphatic heterocycles. The summed E-state index contributed by atoms with van der Waals surface area (Å²) >= 11 is 0. The molecular formula is C17H29O4P. The molecule has 0 heterocycles. The van der Waals surface area contributed by atoms with Crippen molar-refractivity contribution in [3.8, 4) is 5.75 Å². The number of hydrogen-bond donors (Lipinski definition) is 3. The topological polar surface area (TPSA) is 77.8 Å². The highest BCUT2D eigenvalue weighted by molar-refractivity contribution is 7.51. The van der Waals surface area contributed by atoms with Crippen LogP contribution in [0.2, 0.25) is 0 Å². The molecule has 0 bridgehead atoms. The zero-order chi connectivity index (χ0) is 17.3. The van der Waals surface area contributed by atoms with Gasteiger partial charge in [-0.2, -0.15) is 0 Å². The molecule has 1 aromatic carbocycles. The first-order chi connectivity index (χ1) is 9.72. The van der Waals surface area contributed by atoms with Crippen LogP contribution in [-0.2, 0) is 21.8 Å². The maximum atomic E-state index is 11.0. The van der Waals surface area contributed by atoms with Crippen LogP contribution in [0.4, 0.5) is 0 Å². The van der Waals surface area contributed by atoms with Crippen molar-refractivity contribution in [1.29, 1.82) is 0 Å². The number of rotatable bonds is 4. The fourth-order valence-corrected chi connectivity index (χ4v) is 3.04. The lowest BCUT2D eigenvalue weighted by Gasteiger charge is -2.28. The fraction of sp³-hybridized carbons (Fsp3) is 0.647. The standard InChI is InChI=1S/C17H29O4P/c1-16(2,3)13-10-12(8-7-9-22(19,20)21)11-14(15(13)18)17(4,5)6/h10-11,18H,7-9H2,1-6H3,(H2,19,20,21). The third-order valence-corrected chi connectivity index (χ3v) is 4.60. The molecule has 0 atom stereocenters. The van der Waals surface area contributed by atoms with Crippen molar-refractivity contribution in [2.75, 3.05) is 6.16 Å². The molecule has 0 amide bonds. The molecule has 0 aliphatic carbocycles. The molecule has 22 heavy (non-hydrogen) atoms. The van der Waals surface area contributed by atoms with Crippen LogP contribution in [0.3, 0.4) is 0 Å². The molecule has 0 spiro atoms. The lowest BCUT2D eigenvalue weighted by atomic mass is 9.78. The molecule has 0 unspecified atom stereocenters. The Labute approximate surface area is 133 Å². The predicted octanol–water partition coefficient (Wildman–Crippen LogP) is 4.10. The van der Waals surface area contributed by atoms with E-state index in [2.05, 4.69) is 0 Å². The first-order valence-corrected chi connectivity index (χ1v) is 9.43. The average Bonchev–Trinajstić information content (AvgIpc) is 2.26. The van der Waals surface area contributed by atoms with Crippen molar-refractivity contribution in [3.05, 3.63) is 28.8 Å². The Hall–Kier alpha value is -0.830. The molecule has 0 aromatic heterocycles. The summed E-state index contributed by atoms with van der Waals surface area (Å²) in [5, 5.41) is 10.6. The molecule has 1 rings (SSSR count). The van der Waals surface area contributed by atoms with E-state index >= 15 is 0 Å². The van der Waals surface area contributed by atoms with Crippen LogP contribution in [-0.4, -0.2) is 21.1 Å². The predicted molar refractivity (Wildman–Crippen MR) is 90.7 cm³/mol. The Morgan fingerprint density at radius 1 is 0.955 bits per heavy atom. The van der Waals surface area contributed by atoms with Gasteiger partial charge in [0.2, 0.25) is 0 Å². The number of phenolic OH excluding ortho intramolecular Hbond substituents is 1. The van der Waals surface area contributed by atoms with Gasteiger partial charge >= 0.3 is 7.60 Å². The first-order valence-electron chi connectivity index (χ1n) is 7.63. The number of aromatic hydroxyl groups is 1. The largest absolute Gasteiger partial charge is 0.507 e. The molecule has 5 heteroatoms. The molecule has 1 aromatic rings. The Bertz CT molecular complexity index is 538. The molecule has 126 valence electrons. The number of aryl methyl sites for hydroxylation is 1. The summed E-state index contributed by atoms with van der Waals surface area (Å²) in [6, 6.07) is 3.93. The van der Waals surface area contributed by atoms with Crippen LogP contribution in [0.25, 0.3) is 0 Å². The fourth-order valence-electron chi connectivity index (χ4n) is 2.47. The number of hydrogen-bond acceptors (Lipinski definition) is 2. The van der Waals surface area contributed by atoms with E-state index in [0.717, 1.165) is 16.7 Å². The molecular weight excluding hydrogens is 299 g/mol. The monoisotopic (exact) mass is 328 g/mol. The third-order valence-electron chi connectivity index (χ3n) is 3.70. The molecule has 0 saturated carbocycles. The molecule has 0 aliphatic rings. The Kier molecular flexibility index (Phi) is 5.55. The molecule has 0 saturated heterocycles. The molecule has 0 radical (unpaired) electrons. The van der Waals surface area contributed by atoms with Crippen LogP contribution in [0.15, 0.2) is 12.1 Å². The summed E-state index contributed by atoms with van der Waals surface area (Å²) in [4.78, 5) is 18.0. The third kappa shape index (κ3) is 5.42. The maximum Gasteiger partial charge on any atom is 0.325 e. The van der Waals surface area contributed by atoms with Crippen LogP contribution in [0.1, 0.15) is 64.7 Å². The zero-order valence-electron chi connectivity index (χ0n) is 14.5. The summed E-state index contributed by atoms with van der Waals surface area (Å²) in [6.07, 6.45) is 0.920. The van der Waals surface area contributed by atoms with E-state index in [1.54, 1.807) is 0 Å². The summed E-state index contributed by atoms with van der Waals surface area (Å²) in [5.41, 5.74) is 2.39. The van der Waals surface area contributed by atoms with Gasteiger partial charge in [0, 0.05) is 0 Å². The van der Waals surface area contributed by atoms with Gasteiger partial charge in [0.1, 0.15) is 5.75 Å². The minimum atomic E-state index is -3.95. The normalized spacial score (nSPS) is 13.5. The van der Waals surface area contributed by atoms with E-state index in [0.29, 0.717) is 18.6 Å². The summed E-state index contributed by atoms with van der Waals surface area (Å²) in [6.45, 7) is 12.3. The number of phenols is 1. The van der Waals surface area contributed by atoms with Gasteiger partial charge < -0.3 is 14.9 Å². The van der Waals surface area contributed by atoms with Gasteiger partial charge in [0.25, 0.3) is 0 Å². The van der Waals surface area contributed by atoms with Crippen molar-refractivity contribution in [2.24, 2.45) is 0 Å². The van der Waals surface area contributed by atoms with Crippen molar-refractivity contribution in [3.63, 3.8) is 0 Å². The highest BCUT2D eigenvalue weighted by Crippen LogP contribution is 2.40. The lowest BCUT2D eigenvalue weighted by Crippen LogP contribution is -2.18. The van der Waals surface area contributed by atoms with Gasteiger partial charge in [0.15, 0.2) is 0 Å². The average molecular weight is 328 g/mol. The van der Waals surface area contributed by atoms with Crippen molar-refractivity contribution in [1.82, 2.24) is 0 Å². The lowest BCUT2D eigenvalue weighted by molar-refractivity contribution is 0.371. The SMILES string of the molecule is CC(C)(C)c1cc(CCCP(=O)(O)O)cc(C(C)(C)C)c1O. The second-order valence-electron chi connectivity index (χ2n) is 8.03. The van der Waals surface area contributed by atoms with Crippen LogP contribution in [0.5, 0.6) is 5.75 Å². The van der Waals surface area contributed by atoms with Gasteiger partial charge in [-0.1, -0.05) is 53.7 Å². The highest BCUT2D eigenvalue weighted by Gasteiger charge is 2.26. The Morgan fingerprint density at radius 3 is 1.68 bits per heavy atom. The van der Waals surface area contributed by atoms with E-state index in [1.165, 1.54) is 0 Å². The van der Waals surface area contributed by atoms with Gasteiger partial charge in [-0.25, -0.2) is 0 Å². The van der Waals surface area contributed by atoms with Crippen molar-refractivity contribution in [2.45, 2.75) is 65.2 Å². The smallest absolute Gasteiger partial charge is 0.325 e. The van der Waals surface area contributed by atoms with E-state index in [-0.39, 0.29) is 17.0 Å². The number of benzene rings is 1. The Balaban J connectivity index is 3.21. The first kappa shape index (κ1) is 19.2. The van der Waals surface area contributed by atoms with Gasteiger partial charge in [-0.05, 0) is 40.4 Å². The van der Waals surface area contributed by atoms with Crippen molar-refractivity contribution >= 4 is 7.60 Å². The van der Waals surface area contributed by atoms with E-state index in [4.69, 9.17) is 9.79 Å². The van der Waals surface area contributed by atoms with E-state index in [9.17, 15) is 9.67 Å². The second-order valence-corrected chi connectivity index (χ2v) is 9.81. The summed E-state index contributed by atoms with van der Waals surface area (Å²) < 4.78 is 11.0. The quantitative estimate of drug-likeness (QED) is 0.727. The molecule has 4 nitrogen and oxygen atoms in total.